The third-order valence-electron chi connectivity index (χ3n) is 4.50. The highest BCUT2D eigenvalue weighted by Gasteiger charge is 2.31. The van der Waals surface area contributed by atoms with E-state index in [-0.39, 0.29) is 22.5 Å². The summed E-state index contributed by atoms with van der Waals surface area (Å²) >= 11 is 0. The third-order valence-corrected chi connectivity index (χ3v) is 4.50. The van der Waals surface area contributed by atoms with Crippen LogP contribution in [0.3, 0.4) is 0 Å². The van der Waals surface area contributed by atoms with Crippen LogP contribution in [0.15, 0.2) is 53.3 Å². The summed E-state index contributed by atoms with van der Waals surface area (Å²) in [6.45, 7) is 1.81. The number of aromatic nitrogens is 4. The molecule has 0 saturated carbocycles. The number of aryl methyl sites for hydroxylation is 1. The van der Waals surface area contributed by atoms with Crippen LogP contribution in [0.1, 0.15) is 11.3 Å². The third kappa shape index (κ3) is 3.73. The van der Waals surface area contributed by atoms with Crippen molar-refractivity contribution in [3.63, 3.8) is 0 Å². The Kier molecular flexibility index (Phi) is 4.73. The number of hydrogen-bond donors (Lipinski definition) is 2. The number of nitrogens with zero attached hydrogens (tertiary/aromatic N) is 3. The fourth-order valence-corrected chi connectivity index (χ4v) is 3.15. The zero-order valence-corrected chi connectivity index (χ0v) is 16.0. The maximum Gasteiger partial charge on any atom is 0.416 e. The maximum absolute atomic E-state index is 13.3. The molecular weight excluding hydrogens is 395 g/mol. The summed E-state index contributed by atoms with van der Waals surface area (Å²) in [7, 11) is 1.72. The lowest BCUT2D eigenvalue weighted by Crippen LogP contribution is -2.07. The molecule has 0 aliphatic carbocycles. The van der Waals surface area contributed by atoms with Crippen molar-refractivity contribution in [1.82, 2.24) is 19.9 Å². The summed E-state index contributed by atoms with van der Waals surface area (Å²) in [5, 5.41) is 2.96. The predicted molar refractivity (Wildman–Crippen MR) is 108 cm³/mol. The SMILES string of the molecule is CNc1cc(-c2nc3ccc(=O)[nH]c3nc2-c2cccc(C(F)(F)F)c2)cc(C)n1. The van der Waals surface area contributed by atoms with Crippen LogP contribution in [-0.2, 0) is 6.18 Å². The van der Waals surface area contributed by atoms with E-state index in [4.69, 9.17) is 0 Å². The van der Waals surface area contributed by atoms with Crippen molar-refractivity contribution >= 4 is 17.0 Å². The van der Waals surface area contributed by atoms with Crippen molar-refractivity contribution in [1.29, 1.82) is 0 Å². The smallest absolute Gasteiger partial charge is 0.373 e. The first-order valence-corrected chi connectivity index (χ1v) is 9.00. The molecule has 0 unspecified atom stereocenters. The summed E-state index contributed by atoms with van der Waals surface area (Å²) in [6, 6.07) is 11.2. The van der Waals surface area contributed by atoms with Gasteiger partial charge in [-0.3, -0.25) is 4.79 Å². The molecule has 3 heterocycles. The molecule has 30 heavy (non-hydrogen) atoms. The number of fused-ring (bicyclic) bond motifs is 1. The lowest BCUT2D eigenvalue weighted by atomic mass is 10.0. The van der Waals surface area contributed by atoms with Gasteiger partial charge in [-0.1, -0.05) is 12.1 Å². The Morgan fingerprint density at radius 1 is 0.933 bits per heavy atom. The molecule has 0 bridgehead atoms. The van der Waals surface area contributed by atoms with E-state index in [1.165, 1.54) is 24.3 Å². The number of nitrogens with one attached hydrogen (secondary N) is 2. The van der Waals surface area contributed by atoms with Gasteiger partial charge in [0.25, 0.3) is 0 Å². The molecule has 0 aliphatic rings. The molecule has 4 aromatic rings. The van der Waals surface area contributed by atoms with Gasteiger partial charge in [-0.2, -0.15) is 13.2 Å². The number of H-pyrrole nitrogens is 1. The number of rotatable bonds is 3. The monoisotopic (exact) mass is 411 g/mol. The van der Waals surface area contributed by atoms with Crippen LogP contribution in [0.4, 0.5) is 19.0 Å². The Balaban J connectivity index is 2.04. The molecular formula is C21H16F3N5O. The average Bonchev–Trinajstić information content (AvgIpc) is 2.71. The first-order chi connectivity index (χ1) is 14.2. The quantitative estimate of drug-likeness (QED) is 0.522. The van der Waals surface area contributed by atoms with Crippen LogP contribution in [0, 0.1) is 6.92 Å². The Morgan fingerprint density at radius 3 is 2.43 bits per heavy atom. The van der Waals surface area contributed by atoms with Crippen molar-refractivity contribution in [3.8, 4) is 22.5 Å². The van der Waals surface area contributed by atoms with E-state index in [2.05, 4.69) is 25.3 Å². The molecule has 0 saturated heterocycles. The second-order valence-corrected chi connectivity index (χ2v) is 6.69. The number of alkyl halides is 3. The van der Waals surface area contributed by atoms with Gasteiger partial charge >= 0.3 is 6.18 Å². The van der Waals surface area contributed by atoms with E-state index in [1.807, 2.05) is 0 Å². The van der Waals surface area contributed by atoms with Crippen LogP contribution < -0.4 is 10.9 Å². The topological polar surface area (TPSA) is 83.6 Å². The van der Waals surface area contributed by atoms with Gasteiger partial charge in [-0.25, -0.2) is 15.0 Å². The molecule has 4 rings (SSSR count). The zero-order chi connectivity index (χ0) is 21.5. The Hall–Kier alpha value is -3.75. The summed E-state index contributed by atoms with van der Waals surface area (Å²) in [5.74, 6) is 0.586. The minimum atomic E-state index is -4.50. The van der Waals surface area contributed by atoms with Crippen LogP contribution in [-0.4, -0.2) is 27.0 Å². The van der Waals surface area contributed by atoms with E-state index < -0.39 is 11.7 Å². The summed E-state index contributed by atoms with van der Waals surface area (Å²) in [6.07, 6.45) is -4.50. The standard InChI is InChI=1S/C21H16F3N5O/c1-11-8-13(10-16(25-2)26-11)19-18(12-4-3-5-14(9-12)21(22,23)24)29-20-15(27-19)6-7-17(30)28-20/h3-10H,1-2H3,(H,25,26)(H,28,29,30). The molecule has 0 atom stereocenters. The van der Waals surface area contributed by atoms with Crippen molar-refractivity contribution in [3.05, 3.63) is 70.1 Å². The van der Waals surface area contributed by atoms with Gasteiger partial charge in [0.1, 0.15) is 11.3 Å². The highest BCUT2D eigenvalue weighted by atomic mass is 19.4. The highest BCUT2D eigenvalue weighted by Crippen LogP contribution is 2.35. The number of hydrogen-bond acceptors (Lipinski definition) is 5. The molecule has 0 fully saturated rings. The van der Waals surface area contributed by atoms with Crippen molar-refractivity contribution in [2.75, 3.05) is 12.4 Å². The largest absolute Gasteiger partial charge is 0.416 e. The number of halogens is 3. The van der Waals surface area contributed by atoms with Gasteiger partial charge in [0.05, 0.1) is 17.0 Å². The van der Waals surface area contributed by atoms with Gasteiger partial charge < -0.3 is 10.3 Å². The zero-order valence-electron chi connectivity index (χ0n) is 16.0. The van der Waals surface area contributed by atoms with E-state index in [0.717, 1.165) is 12.1 Å². The minimum Gasteiger partial charge on any atom is -0.373 e. The van der Waals surface area contributed by atoms with Gasteiger partial charge in [0.2, 0.25) is 5.56 Å². The Morgan fingerprint density at radius 2 is 1.70 bits per heavy atom. The molecule has 1 aromatic carbocycles. The minimum absolute atomic E-state index is 0.193. The second-order valence-electron chi connectivity index (χ2n) is 6.69. The Labute approximate surface area is 168 Å². The van der Waals surface area contributed by atoms with Gasteiger partial charge in [-0.05, 0) is 37.3 Å². The Bertz CT molecular complexity index is 1310. The highest BCUT2D eigenvalue weighted by molar-refractivity contribution is 5.85. The molecule has 0 spiro atoms. The van der Waals surface area contributed by atoms with Crippen molar-refractivity contribution < 1.29 is 13.2 Å². The molecule has 152 valence electrons. The van der Waals surface area contributed by atoms with Crippen LogP contribution >= 0.6 is 0 Å². The summed E-state index contributed by atoms with van der Waals surface area (Å²) in [5.41, 5.74) is 1.63. The van der Waals surface area contributed by atoms with E-state index in [0.29, 0.717) is 28.3 Å². The summed E-state index contributed by atoms with van der Waals surface area (Å²) < 4.78 is 39.8. The molecule has 9 heteroatoms. The molecule has 0 amide bonds. The van der Waals surface area contributed by atoms with Gasteiger partial charge in [-0.15, -0.1) is 0 Å². The van der Waals surface area contributed by atoms with Gasteiger partial charge in [0, 0.05) is 29.9 Å². The van der Waals surface area contributed by atoms with Crippen LogP contribution in [0.2, 0.25) is 0 Å². The lowest BCUT2D eigenvalue weighted by Gasteiger charge is -2.13. The number of pyridine rings is 2. The average molecular weight is 411 g/mol. The fraction of sp³-hybridized carbons (Fsp3) is 0.143. The predicted octanol–water partition coefficient (Wildman–Crippen LogP) is 4.42. The second kappa shape index (κ2) is 7.25. The van der Waals surface area contributed by atoms with Gasteiger partial charge in [0.15, 0.2) is 5.65 Å². The molecule has 0 aliphatic heterocycles. The molecule has 3 aromatic heterocycles. The van der Waals surface area contributed by atoms with Crippen molar-refractivity contribution in [2.45, 2.75) is 13.1 Å². The first kappa shape index (κ1) is 19.6. The number of aromatic amines is 1. The first-order valence-electron chi connectivity index (χ1n) is 9.00. The summed E-state index contributed by atoms with van der Waals surface area (Å²) in [4.78, 5) is 27.7. The fourth-order valence-electron chi connectivity index (χ4n) is 3.15. The maximum atomic E-state index is 13.3. The van der Waals surface area contributed by atoms with E-state index in [9.17, 15) is 18.0 Å². The van der Waals surface area contributed by atoms with Crippen LogP contribution in [0.5, 0.6) is 0 Å². The van der Waals surface area contributed by atoms with E-state index in [1.54, 1.807) is 26.1 Å². The molecule has 6 nitrogen and oxygen atoms in total. The normalized spacial score (nSPS) is 11.6. The number of anilines is 1. The molecule has 2 N–H and O–H groups in total. The van der Waals surface area contributed by atoms with Crippen molar-refractivity contribution in [2.24, 2.45) is 0 Å². The van der Waals surface area contributed by atoms with E-state index >= 15 is 0 Å². The lowest BCUT2D eigenvalue weighted by molar-refractivity contribution is -0.137. The molecule has 0 radical (unpaired) electrons. The number of benzene rings is 1. The van der Waals surface area contributed by atoms with Crippen LogP contribution in [0.25, 0.3) is 33.7 Å².